The first-order valence-corrected chi connectivity index (χ1v) is 8.11. The van der Waals surface area contributed by atoms with E-state index in [-0.39, 0.29) is 11.3 Å². The van der Waals surface area contributed by atoms with E-state index < -0.39 is 0 Å². The van der Waals surface area contributed by atoms with Crippen LogP contribution in [0.15, 0.2) is 46.3 Å². The maximum absolute atomic E-state index is 12.3. The van der Waals surface area contributed by atoms with Gasteiger partial charge in [0, 0.05) is 22.4 Å². The normalized spacial score (nSPS) is 11.4. The molecule has 3 aromatic rings. The molecule has 0 saturated carbocycles. The summed E-state index contributed by atoms with van der Waals surface area (Å²) in [5, 5.41) is 9.15. The average molecular weight is 327 g/mol. The molecule has 0 aliphatic carbocycles. The third-order valence-electron chi connectivity index (χ3n) is 3.25. The number of aromatic nitrogens is 2. The van der Waals surface area contributed by atoms with Gasteiger partial charge in [-0.1, -0.05) is 56.3 Å². The number of hydrogen-bond acceptors (Lipinski definition) is 5. The molecule has 118 valence electrons. The maximum atomic E-state index is 12.3. The van der Waals surface area contributed by atoms with Crippen molar-refractivity contribution in [3.05, 3.63) is 53.2 Å². The topological polar surface area (TPSA) is 68.0 Å². The zero-order chi connectivity index (χ0) is 16.4. The van der Waals surface area contributed by atoms with E-state index in [2.05, 4.69) is 15.5 Å². The molecule has 0 spiro atoms. The van der Waals surface area contributed by atoms with Crippen LogP contribution in [-0.4, -0.2) is 16.0 Å². The van der Waals surface area contributed by atoms with Crippen molar-refractivity contribution >= 4 is 23.1 Å². The summed E-state index contributed by atoms with van der Waals surface area (Å²) < 4.78 is 5.26. The standard InChI is InChI=1S/C17H17N3O2S/c1-17(2,3)13-9-14(20-22-13)19-15(21)12-10-23-16(18-12)11-7-5-4-6-8-11/h4-10H,1-3H3,(H,19,20,21). The second kappa shape index (κ2) is 5.96. The molecule has 1 amide bonds. The van der Waals surface area contributed by atoms with Crippen molar-refractivity contribution in [3.8, 4) is 10.6 Å². The molecule has 0 bridgehead atoms. The van der Waals surface area contributed by atoms with Gasteiger partial charge in [-0.2, -0.15) is 0 Å². The number of nitrogens with one attached hydrogen (secondary N) is 1. The van der Waals surface area contributed by atoms with Gasteiger partial charge in [0.2, 0.25) is 0 Å². The molecular formula is C17H17N3O2S. The lowest BCUT2D eigenvalue weighted by atomic mass is 9.93. The van der Waals surface area contributed by atoms with Crippen LogP contribution in [0.1, 0.15) is 37.0 Å². The molecule has 2 heterocycles. The monoisotopic (exact) mass is 327 g/mol. The second-order valence-electron chi connectivity index (χ2n) is 6.18. The second-order valence-corrected chi connectivity index (χ2v) is 7.04. The largest absolute Gasteiger partial charge is 0.359 e. The summed E-state index contributed by atoms with van der Waals surface area (Å²) in [6, 6.07) is 11.5. The number of amides is 1. The molecule has 0 saturated heterocycles. The van der Waals surface area contributed by atoms with E-state index in [9.17, 15) is 4.79 Å². The van der Waals surface area contributed by atoms with Crippen LogP contribution in [0.25, 0.3) is 10.6 Å². The van der Waals surface area contributed by atoms with Crippen molar-refractivity contribution in [2.24, 2.45) is 0 Å². The van der Waals surface area contributed by atoms with Crippen molar-refractivity contribution in [1.82, 2.24) is 10.1 Å². The smallest absolute Gasteiger partial charge is 0.276 e. The third kappa shape index (κ3) is 3.48. The lowest BCUT2D eigenvalue weighted by molar-refractivity contribution is 0.102. The Hall–Kier alpha value is -2.47. The Bertz CT molecular complexity index is 816. The SMILES string of the molecule is CC(C)(C)c1cc(NC(=O)c2csc(-c3ccccc3)n2)no1. The van der Waals surface area contributed by atoms with Gasteiger partial charge in [0.05, 0.1) is 0 Å². The molecule has 0 fully saturated rings. The van der Waals surface area contributed by atoms with Gasteiger partial charge in [0.15, 0.2) is 5.82 Å². The Kier molecular flexibility index (Phi) is 4.00. The molecule has 2 aromatic heterocycles. The number of carbonyl (C=O) groups excluding carboxylic acids is 1. The van der Waals surface area contributed by atoms with Crippen LogP contribution in [0, 0.1) is 0 Å². The minimum absolute atomic E-state index is 0.156. The molecule has 0 atom stereocenters. The minimum Gasteiger partial charge on any atom is -0.359 e. The highest BCUT2D eigenvalue weighted by atomic mass is 32.1. The molecule has 5 nitrogen and oxygen atoms in total. The zero-order valence-electron chi connectivity index (χ0n) is 13.2. The van der Waals surface area contributed by atoms with Crippen molar-refractivity contribution in [3.63, 3.8) is 0 Å². The molecule has 23 heavy (non-hydrogen) atoms. The lowest BCUT2D eigenvalue weighted by Crippen LogP contribution is -2.13. The minimum atomic E-state index is -0.294. The summed E-state index contributed by atoms with van der Waals surface area (Å²) >= 11 is 1.44. The molecular weight excluding hydrogens is 310 g/mol. The number of rotatable bonds is 3. The summed E-state index contributed by atoms with van der Waals surface area (Å²) in [6.45, 7) is 6.06. The Balaban J connectivity index is 1.74. The molecule has 0 unspecified atom stereocenters. The molecule has 0 aliphatic heterocycles. The molecule has 1 aromatic carbocycles. The van der Waals surface area contributed by atoms with Crippen LogP contribution in [0.3, 0.4) is 0 Å². The van der Waals surface area contributed by atoms with E-state index in [1.807, 2.05) is 51.1 Å². The number of carbonyl (C=O) groups is 1. The quantitative estimate of drug-likeness (QED) is 0.776. The zero-order valence-corrected chi connectivity index (χ0v) is 14.0. The van der Waals surface area contributed by atoms with Crippen molar-refractivity contribution in [2.75, 3.05) is 5.32 Å². The van der Waals surface area contributed by atoms with Crippen LogP contribution in [0.5, 0.6) is 0 Å². The van der Waals surface area contributed by atoms with E-state index >= 15 is 0 Å². The highest BCUT2D eigenvalue weighted by molar-refractivity contribution is 7.13. The Labute approximate surface area is 138 Å². The maximum Gasteiger partial charge on any atom is 0.276 e. The lowest BCUT2D eigenvalue weighted by Gasteiger charge is -2.11. The Morgan fingerprint density at radius 1 is 1.22 bits per heavy atom. The van der Waals surface area contributed by atoms with E-state index in [0.29, 0.717) is 11.5 Å². The molecule has 0 aliphatic rings. The highest BCUT2D eigenvalue weighted by Crippen LogP contribution is 2.26. The first-order chi connectivity index (χ1) is 10.9. The van der Waals surface area contributed by atoms with E-state index in [1.54, 1.807) is 11.4 Å². The first-order valence-electron chi connectivity index (χ1n) is 7.23. The van der Waals surface area contributed by atoms with E-state index in [0.717, 1.165) is 16.3 Å². The van der Waals surface area contributed by atoms with E-state index in [1.165, 1.54) is 11.3 Å². The van der Waals surface area contributed by atoms with Gasteiger partial charge >= 0.3 is 0 Å². The summed E-state index contributed by atoms with van der Waals surface area (Å²) in [5.41, 5.74) is 1.21. The van der Waals surface area contributed by atoms with Gasteiger partial charge in [-0.25, -0.2) is 4.98 Å². The summed E-state index contributed by atoms with van der Waals surface area (Å²) in [5.74, 6) is 0.822. The van der Waals surface area contributed by atoms with Crippen LogP contribution < -0.4 is 5.32 Å². The third-order valence-corrected chi connectivity index (χ3v) is 4.14. The predicted molar refractivity (Wildman–Crippen MR) is 90.7 cm³/mol. The number of nitrogens with zero attached hydrogens (tertiary/aromatic N) is 2. The van der Waals surface area contributed by atoms with Gasteiger partial charge in [0.1, 0.15) is 16.5 Å². The number of anilines is 1. The first kappa shape index (κ1) is 15.4. The fourth-order valence-electron chi connectivity index (χ4n) is 1.96. The van der Waals surface area contributed by atoms with Crippen LogP contribution >= 0.6 is 11.3 Å². The average Bonchev–Trinajstić information content (AvgIpc) is 3.16. The summed E-state index contributed by atoms with van der Waals surface area (Å²) in [7, 11) is 0. The highest BCUT2D eigenvalue weighted by Gasteiger charge is 2.21. The van der Waals surface area contributed by atoms with Crippen LogP contribution in [0.2, 0.25) is 0 Å². The number of thiazole rings is 1. The molecule has 6 heteroatoms. The van der Waals surface area contributed by atoms with Crippen molar-refractivity contribution in [2.45, 2.75) is 26.2 Å². The fourth-order valence-corrected chi connectivity index (χ4v) is 2.77. The van der Waals surface area contributed by atoms with Gasteiger partial charge < -0.3 is 9.84 Å². The summed E-state index contributed by atoms with van der Waals surface area (Å²) in [6.07, 6.45) is 0. The van der Waals surface area contributed by atoms with Gasteiger partial charge in [-0.15, -0.1) is 11.3 Å². The molecule has 1 N–H and O–H groups in total. The van der Waals surface area contributed by atoms with Gasteiger partial charge in [0.25, 0.3) is 5.91 Å². The molecule has 0 radical (unpaired) electrons. The van der Waals surface area contributed by atoms with Gasteiger partial charge in [-0.3, -0.25) is 4.79 Å². The number of benzene rings is 1. The number of hydrogen-bond donors (Lipinski definition) is 1. The van der Waals surface area contributed by atoms with Crippen molar-refractivity contribution < 1.29 is 9.32 Å². The van der Waals surface area contributed by atoms with Crippen molar-refractivity contribution in [1.29, 1.82) is 0 Å². The van der Waals surface area contributed by atoms with Crippen LogP contribution in [-0.2, 0) is 5.41 Å². The Morgan fingerprint density at radius 3 is 2.61 bits per heavy atom. The fraction of sp³-hybridized carbons (Fsp3) is 0.235. The van der Waals surface area contributed by atoms with Gasteiger partial charge in [-0.05, 0) is 0 Å². The predicted octanol–water partition coefficient (Wildman–Crippen LogP) is 4.35. The molecule has 3 rings (SSSR count). The van der Waals surface area contributed by atoms with Crippen LogP contribution in [0.4, 0.5) is 5.82 Å². The van der Waals surface area contributed by atoms with E-state index in [4.69, 9.17) is 4.52 Å². The summed E-state index contributed by atoms with van der Waals surface area (Å²) in [4.78, 5) is 16.6. The Morgan fingerprint density at radius 2 is 1.96 bits per heavy atom.